The first kappa shape index (κ1) is 11.3. The van der Waals surface area contributed by atoms with Crippen molar-refractivity contribution in [3.05, 3.63) is 35.1 Å². The summed E-state index contributed by atoms with van der Waals surface area (Å²) in [5.41, 5.74) is 1.02. The minimum atomic E-state index is -0.317. The average molecular weight is 222 g/mol. The van der Waals surface area contributed by atoms with E-state index in [0.717, 1.165) is 19.4 Å². The fourth-order valence-corrected chi connectivity index (χ4v) is 1.93. The second-order valence-corrected chi connectivity index (χ2v) is 4.24. The highest BCUT2D eigenvalue weighted by molar-refractivity contribution is 5.98. The van der Waals surface area contributed by atoms with Gasteiger partial charge in [-0.05, 0) is 31.4 Å². The minimum Gasteiger partial charge on any atom is -0.381 e. The van der Waals surface area contributed by atoms with Crippen molar-refractivity contribution in [2.24, 2.45) is 5.92 Å². The Morgan fingerprint density at radius 1 is 1.50 bits per heavy atom. The standard InChI is InChI=1S/C13H15FO2/c1-9-4-5-10(7-12(9)14)13(15)11-3-2-6-16-8-11/h4-5,7,11H,2-3,6,8H2,1H3. The molecule has 1 aromatic rings. The molecule has 1 saturated heterocycles. The van der Waals surface area contributed by atoms with Crippen molar-refractivity contribution in [1.29, 1.82) is 0 Å². The number of hydrogen-bond donors (Lipinski definition) is 0. The second kappa shape index (κ2) is 4.74. The van der Waals surface area contributed by atoms with Crippen LogP contribution in [-0.2, 0) is 4.74 Å². The first-order chi connectivity index (χ1) is 7.68. The average Bonchev–Trinajstić information content (AvgIpc) is 2.33. The van der Waals surface area contributed by atoms with Crippen LogP contribution >= 0.6 is 0 Å². The Kier molecular flexibility index (Phi) is 3.34. The van der Waals surface area contributed by atoms with Gasteiger partial charge in [0.15, 0.2) is 5.78 Å². The van der Waals surface area contributed by atoms with Gasteiger partial charge in [-0.15, -0.1) is 0 Å². The van der Waals surface area contributed by atoms with Crippen molar-refractivity contribution >= 4 is 5.78 Å². The van der Waals surface area contributed by atoms with E-state index in [-0.39, 0.29) is 17.5 Å². The van der Waals surface area contributed by atoms with E-state index < -0.39 is 0 Å². The Hall–Kier alpha value is -1.22. The summed E-state index contributed by atoms with van der Waals surface area (Å²) in [5, 5.41) is 0. The molecule has 0 spiro atoms. The normalized spacial score (nSPS) is 20.8. The first-order valence-corrected chi connectivity index (χ1v) is 5.56. The van der Waals surface area contributed by atoms with Crippen LogP contribution < -0.4 is 0 Å². The molecule has 0 saturated carbocycles. The minimum absolute atomic E-state index is 0.00130. The van der Waals surface area contributed by atoms with Crippen molar-refractivity contribution in [3.63, 3.8) is 0 Å². The van der Waals surface area contributed by atoms with Gasteiger partial charge in [-0.2, -0.15) is 0 Å². The number of hydrogen-bond acceptors (Lipinski definition) is 2. The van der Waals surface area contributed by atoms with Gasteiger partial charge in [-0.3, -0.25) is 4.79 Å². The maximum Gasteiger partial charge on any atom is 0.168 e. The van der Waals surface area contributed by atoms with E-state index in [9.17, 15) is 9.18 Å². The number of aryl methyl sites for hydroxylation is 1. The summed E-state index contributed by atoms with van der Waals surface area (Å²) in [6, 6.07) is 4.66. The van der Waals surface area contributed by atoms with Gasteiger partial charge in [0.1, 0.15) is 5.82 Å². The number of benzene rings is 1. The van der Waals surface area contributed by atoms with Gasteiger partial charge in [-0.1, -0.05) is 12.1 Å². The summed E-state index contributed by atoms with van der Waals surface area (Å²) in [6.07, 6.45) is 1.75. The summed E-state index contributed by atoms with van der Waals surface area (Å²) in [6.45, 7) is 2.88. The highest BCUT2D eigenvalue weighted by Crippen LogP contribution is 2.20. The number of ketones is 1. The molecule has 0 aromatic heterocycles. The van der Waals surface area contributed by atoms with Crippen LogP contribution in [0.15, 0.2) is 18.2 Å². The van der Waals surface area contributed by atoms with Crippen LogP contribution in [0.2, 0.25) is 0 Å². The summed E-state index contributed by atoms with van der Waals surface area (Å²) in [7, 11) is 0. The number of carbonyl (C=O) groups is 1. The van der Waals surface area contributed by atoms with E-state index in [1.54, 1.807) is 19.1 Å². The van der Waals surface area contributed by atoms with Gasteiger partial charge in [0.25, 0.3) is 0 Å². The predicted molar refractivity (Wildman–Crippen MR) is 59.0 cm³/mol. The molecule has 1 aliphatic heterocycles. The van der Waals surface area contributed by atoms with Crippen molar-refractivity contribution in [2.75, 3.05) is 13.2 Å². The molecule has 1 aromatic carbocycles. The van der Waals surface area contributed by atoms with E-state index in [2.05, 4.69) is 0 Å². The van der Waals surface area contributed by atoms with Crippen LogP contribution in [0.25, 0.3) is 0 Å². The van der Waals surface area contributed by atoms with Gasteiger partial charge in [0.2, 0.25) is 0 Å². The first-order valence-electron chi connectivity index (χ1n) is 5.56. The number of Topliss-reactive ketones (excluding diaryl/α,β-unsaturated/α-hetero) is 1. The third kappa shape index (κ3) is 2.30. The Balaban J connectivity index is 2.16. The molecule has 16 heavy (non-hydrogen) atoms. The summed E-state index contributed by atoms with van der Waals surface area (Å²) in [4.78, 5) is 12.0. The highest BCUT2D eigenvalue weighted by Gasteiger charge is 2.23. The third-order valence-electron chi connectivity index (χ3n) is 2.99. The maximum absolute atomic E-state index is 13.3. The molecule has 0 N–H and O–H groups in total. The summed E-state index contributed by atoms with van der Waals surface area (Å²) in [5.74, 6) is -0.419. The lowest BCUT2D eigenvalue weighted by molar-refractivity contribution is 0.0461. The fourth-order valence-electron chi connectivity index (χ4n) is 1.93. The van der Waals surface area contributed by atoms with Crippen molar-refractivity contribution < 1.29 is 13.9 Å². The van der Waals surface area contributed by atoms with Crippen molar-refractivity contribution in [1.82, 2.24) is 0 Å². The lowest BCUT2D eigenvalue weighted by Crippen LogP contribution is -2.25. The topological polar surface area (TPSA) is 26.3 Å². The monoisotopic (exact) mass is 222 g/mol. The van der Waals surface area contributed by atoms with Gasteiger partial charge >= 0.3 is 0 Å². The Morgan fingerprint density at radius 3 is 2.94 bits per heavy atom. The maximum atomic E-state index is 13.3. The van der Waals surface area contributed by atoms with Crippen molar-refractivity contribution in [2.45, 2.75) is 19.8 Å². The lowest BCUT2D eigenvalue weighted by Gasteiger charge is -2.20. The number of rotatable bonds is 2. The summed E-state index contributed by atoms with van der Waals surface area (Å²) < 4.78 is 18.6. The molecule has 0 radical (unpaired) electrons. The molecule has 1 unspecified atom stereocenters. The zero-order chi connectivity index (χ0) is 11.5. The molecule has 0 bridgehead atoms. The van der Waals surface area contributed by atoms with Gasteiger partial charge in [0, 0.05) is 18.1 Å². The number of ether oxygens (including phenoxy) is 1. The molecule has 3 heteroatoms. The molecule has 86 valence electrons. The zero-order valence-corrected chi connectivity index (χ0v) is 9.33. The molecule has 1 atom stereocenters. The SMILES string of the molecule is Cc1ccc(C(=O)C2CCCOC2)cc1F. The number of carbonyl (C=O) groups excluding carboxylic acids is 1. The van der Waals surface area contributed by atoms with Crippen LogP contribution in [0.1, 0.15) is 28.8 Å². The molecular weight excluding hydrogens is 207 g/mol. The highest BCUT2D eigenvalue weighted by atomic mass is 19.1. The van der Waals surface area contributed by atoms with Gasteiger partial charge < -0.3 is 4.74 Å². The third-order valence-corrected chi connectivity index (χ3v) is 2.99. The zero-order valence-electron chi connectivity index (χ0n) is 9.33. The Bertz CT molecular complexity index is 395. The predicted octanol–water partition coefficient (Wildman–Crippen LogP) is 2.74. The van der Waals surface area contributed by atoms with E-state index in [1.165, 1.54) is 6.07 Å². The molecule has 1 aliphatic rings. The smallest absolute Gasteiger partial charge is 0.168 e. The largest absolute Gasteiger partial charge is 0.381 e. The molecule has 1 heterocycles. The Morgan fingerprint density at radius 2 is 2.31 bits per heavy atom. The molecule has 0 aliphatic carbocycles. The van der Waals surface area contributed by atoms with Crippen molar-refractivity contribution in [3.8, 4) is 0 Å². The number of halogens is 1. The van der Waals surface area contributed by atoms with Crippen LogP contribution in [0.5, 0.6) is 0 Å². The van der Waals surface area contributed by atoms with E-state index in [4.69, 9.17) is 4.74 Å². The second-order valence-electron chi connectivity index (χ2n) is 4.24. The fraction of sp³-hybridized carbons (Fsp3) is 0.462. The van der Waals surface area contributed by atoms with E-state index in [1.807, 2.05) is 0 Å². The molecule has 1 fully saturated rings. The van der Waals surface area contributed by atoms with Crippen LogP contribution in [0.4, 0.5) is 4.39 Å². The molecule has 2 rings (SSSR count). The molecule has 2 nitrogen and oxygen atoms in total. The lowest BCUT2D eigenvalue weighted by atomic mass is 9.92. The van der Waals surface area contributed by atoms with Crippen LogP contribution in [0.3, 0.4) is 0 Å². The van der Waals surface area contributed by atoms with Gasteiger partial charge in [0.05, 0.1) is 6.61 Å². The van der Waals surface area contributed by atoms with Gasteiger partial charge in [-0.25, -0.2) is 4.39 Å². The van der Waals surface area contributed by atoms with E-state index in [0.29, 0.717) is 17.7 Å². The molecule has 0 amide bonds. The quantitative estimate of drug-likeness (QED) is 0.719. The van der Waals surface area contributed by atoms with E-state index >= 15 is 0 Å². The summed E-state index contributed by atoms with van der Waals surface area (Å²) >= 11 is 0. The van der Waals surface area contributed by atoms with Crippen LogP contribution in [-0.4, -0.2) is 19.0 Å². The van der Waals surface area contributed by atoms with Crippen LogP contribution in [0, 0.1) is 18.7 Å². The Labute approximate surface area is 94.4 Å². The molecular formula is C13H15FO2.